The Labute approximate surface area is 174 Å². The van der Waals surface area contributed by atoms with Crippen molar-refractivity contribution in [2.75, 3.05) is 39.3 Å². The molecule has 29 heavy (non-hydrogen) atoms. The number of carboxylic acids is 2. The van der Waals surface area contributed by atoms with Crippen molar-refractivity contribution in [2.24, 2.45) is 0 Å². The lowest BCUT2D eigenvalue weighted by molar-refractivity contribution is -0.927. The first kappa shape index (κ1) is 27.1. The molecule has 168 valence electrons. The molecule has 0 heterocycles. The number of carboxylic acid groups (broad SMARTS) is 2. The van der Waals surface area contributed by atoms with Gasteiger partial charge >= 0.3 is 11.9 Å². The van der Waals surface area contributed by atoms with Gasteiger partial charge in [-0.3, -0.25) is 14.4 Å². The Hall–Kier alpha value is -1.93. The lowest BCUT2D eigenvalue weighted by Crippen LogP contribution is -2.54. The Bertz CT molecular complexity index is 485. The third kappa shape index (κ3) is 15.6. The van der Waals surface area contributed by atoms with Crippen LogP contribution in [0.3, 0.4) is 0 Å². The SMILES string of the molecule is CCC/C=C/CC(=O)NCC[N+](CCO)(CCCCC(=O)O)CCCCC(=O)O. The summed E-state index contributed by atoms with van der Waals surface area (Å²) in [7, 11) is 0. The average molecular weight is 416 g/mol. The number of amides is 1. The highest BCUT2D eigenvalue weighted by Crippen LogP contribution is 2.13. The smallest absolute Gasteiger partial charge is 0.303 e. The molecule has 0 spiro atoms. The van der Waals surface area contributed by atoms with Gasteiger partial charge in [-0.2, -0.15) is 0 Å². The number of hydrogen-bond acceptors (Lipinski definition) is 4. The molecule has 1 amide bonds. The Morgan fingerprint density at radius 1 is 0.862 bits per heavy atom. The van der Waals surface area contributed by atoms with E-state index in [0.29, 0.717) is 69.3 Å². The highest BCUT2D eigenvalue weighted by atomic mass is 16.4. The summed E-state index contributed by atoms with van der Waals surface area (Å²) in [6, 6.07) is 0. The van der Waals surface area contributed by atoms with Crippen molar-refractivity contribution in [3.8, 4) is 0 Å². The summed E-state index contributed by atoms with van der Waals surface area (Å²) in [4.78, 5) is 33.5. The van der Waals surface area contributed by atoms with E-state index in [4.69, 9.17) is 10.2 Å². The van der Waals surface area contributed by atoms with Crippen LogP contribution in [0.25, 0.3) is 0 Å². The number of carbonyl (C=O) groups is 3. The highest BCUT2D eigenvalue weighted by molar-refractivity contribution is 5.77. The first-order valence-corrected chi connectivity index (χ1v) is 10.7. The van der Waals surface area contributed by atoms with E-state index in [1.165, 1.54) is 0 Å². The van der Waals surface area contributed by atoms with Gasteiger partial charge in [0.05, 0.1) is 32.8 Å². The molecule has 0 radical (unpaired) electrons. The number of aliphatic hydroxyl groups excluding tert-OH is 1. The molecule has 0 aliphatic carbocycles. The maximum atomic E-state index is 12.0. The highest BCUT2D eigenvalue weighted by Gasteiger charge is 2.26. The topological polar surface area (TPSA) is 124 Å². The minimum absolute atomic E-state index is 0.00837. The Morgan fingerprint density at radius 3 is 1.93 bits per heavy atom. The lowest BCUT2D eigenvalue weighted by Gasteiger charge is -2.38. The van der Waals surface area contributed by atoms with Gasteiger partial charge < -0.3 is 25.1 Å². The normalized spacial score (nSPS) is 11.7. The van der Waals surface area contributed by atoms with Crippen molar-refractivity contribution >= 4 is 17.8 Å². The maximum Gasteiger partial charge on any atom is 0.303 e. The molecule has 0 aromatic heterocycles. The number of aliphatic hydroxyl groups is 1. The van der Waals surface area contributed by atoms with E-state index >= 15 is 0 Å². The van der Waals surface area contributed by atoms with Crippen LogP contribution in [0, 0.1) is 0 Å². The third-order valence-corrected chi connectivity index (χ3v) is 4.95. The minimum Gasteiger partial charge on any atom is -0.481 e. The van der Waals surface area contributed by atoms with Crippen LogP contribution in [-0.4, -0.2) is 77.0 Å². The van der Waals surface area contributed by atoms with Crippen molar-refractivity contribution in [3.05, 3.63) is 12.2 Å². The Kier molecular flexibility index (Phi) is 15.8. The number of nitrogens with zero attached hydrogens (tertiary/aromatic N) is 1. The summed E-state index contributed by atoms with van der Waals surface area (Å²) in [5, 5.41) is 30.1. The summed E-state index contributed by atoms with van der Waals surface area (Å²) in [5.41, 5.74) is 0. The number of hydrogen-bond donors (Lipinski definition) is 4. The molecule has 0 atom stereocenters. The van der Waals surface area contributed by atoms with Gasteiger partial charge in [-0.25, -0.2) is 0 Å². The van der Waals surface area contributed by atoms with Crippen LogP contribution in [0.5, 0.6) is 0 Å². The van der Waals surface area contributed by atoms with Gasteiger partial charge in [0.2, 0.25) is 5.91 Å². The summed E-state index contributed by atoms with van der Waals surface area (Å²) < 4.78 is 0.557. The molecule has 0 aliphatic heterocycles. The monoisotopic (exact) mass is 415 g/mol. The summed E-state index contributed by atoms with van der Waals surface area (Å²) in [5.74, 6) is -1.69. The third-order valence-electron chi connectivity index (χ3n) is 4.95. The van der Waals surface area contributed by atoms with Crippen LogP contribution in [0.15, 0.2) is 12.2 Å². The van der Waals surface area contributed by atoms with Gasteiger partial charge in [0, 0.05) is 19.3 Å². The van der Waals surface area contributed by atoms with Crippen LogP contribution < -0.4 is 5.32 Å². The maximum absolute atomic E-state index is 12.0. The van der Waals surface area contributed by atoms with Crippen LogP contribution in [0.1, 0.15) is 64.7 Å². The molecule has 0 unspecified atom stereocenters. The molecule has 4 N–H and O–H groups in total. The van der Waals surface area contributed by atoms with Gasteiger partial charge in [-0.05, 0) is 32.1 Å². The van der Waals surface area contributed by atoms with Crippen molar-refractivity contribution in [1.82, 2.24) is 5.32 Å². The number of carbonyl (C=O) groups excluding carboxylic acids is 1. The number of unbranched alkanes of at least 4 members (excludes halogenated alkanes) is 3. The van der Waals surface area contributed by atoms with Gasteiger partial charge in [-0.15, -0.1) is 0 Å². The van der Waals surface area contributed by atoms with E-state index in [-0.39, 0.29) is 25.4 Å². The van der Waals surface area contributed by atoms with E-state index in [0.717, 1.165) is 12.8 Å². The van der Waals surface area contributed by atoms with Crippen molar-refractivity contribution in [3.63, 3.8) is 0 Å². The molecular formula is C21H39N2O6+. The number of rotatable bonds is 19. The second kappa shape index (κ2) is 17.0. The predicted octanol–water partition coefficient (Wildman–Crippen LogP) is 2.17. The van der Waals surface area contributed by atoms with Crippen molar-refractivity contribution in [2.45, 2.75) is 64.7 Å². The first-order chi connectivity index (χ1) is 13.8. The number of quaternary nitrogens is 1. The molecule has 8 heteroatoms. The second-order valence-electron chi connectivity index (χ2n) is 7.48. The number of allylic oxidation sites excluding steroid dienone is 1. The lowest BCUT2D eigenvalue weighted by atomic mass is 10.1. The van der Waals surface area contributed by atoms with Gasteiger partial charge in [0.25, 0.3) is 0 Å². The Morgan fingerprint density at radius 2 is 1.45 bits per heavy atom. The number of nitrogens with one attached hydrogen (secondary N) is 1. The van der Waals surface area contributed by atoms with Crippen LogP contribution in [0.4, 0.5) is 0 Å². The Balaban J connectivity index is 4.71. The average Bonchev–Trinajstić information content (AvgIpc) is 2.66. The van der Waals surface area contributed by atoms with Gasteiger partial charge in [0.1, 0.15) is 6.54 Å². The fourth-order valence-electron chi connectivity index (χ4n) is 3.31. The summed E-state index contributed by atoms with van der Waals surface area (Å²) >= 11 is 0. The van der Waals surface area contributed by atoms with E-state index in [9.17, 15) is 19.5 Å². The predicted molar refractivity (Wildman–Crippen MR) is 111 cm³/mol. The van der Waals surface area contributed by atoms with Crippen LogP contribution in [0.2, 0.25) is 0 Å². The fourth-order valence-corrected chi connectivity index (χ4v) is 3.31. The zero-order valence-electron chi connectivity index (χ0n) is 17.8. The minimum atomic E-state index is -0.824. The standard InChI is InChI=1S/C21H38N2O6/c1-2-3-4-5-10-19(25)22-13-16-23(17-18-24,14-8-6-11-20(26)27)15-9-7-12-21(28)29/h4-5,24H,2-3,6-18H2,1H3,(H2-,22,25,26,27,28,29)/p+1/b5-4+. The molecule has 0 aliphatic rings. The van der Waals surface area contributed by atoms with E-state index in [2.05, 4.69) is 12.2 Å². The van der Waals surface area contributed by atoms with E-state index in [1.807, 2.05) is 12.2 Å². The van der Waals surface area contributed by atoms with Crippen molar-refractivity contribution < 1.29 is 34.2 Å². The molecular weight excluding hydrogens is 376 g/mol. The molecule has 0 saturated carbocycles. The molecule has 0 aromatic carbocycles. The molecule has 8 nitrogen and oxygen atoms in total. The first-order valence-electron chi connectivity index (χ1n) is 10.7. The zero-order chi connectivity index (χ0) is 22.0. The van der Waals surface area contributed by atoms with Crippen molar-refractivity contribution in [1.29, 1.82) is 0 Å². The zero-order valence-corrected chi connectivity index (χ0v) is 17.8. The largest absolute Gasteiger partial charge is 0.481 e. The molecule has 0 aromatic rings. The summed E-state index contributed by atoms with van der Waals surface area (Å²) in [6.45, 7) is 5.08. The number of aliphatic carboxylic acids is 2. The molecule has 0 rings (SSSR count). The second-order valence-corrected chi connectivity index (χ2v) is 7.48. The molecule has 0 fully saturated rings. The quantitative estimate of drug-likeness (QED) is 0.146. The molecule has 0 saturated heterocycles. The molecule has 0 bridgehead atoms. The fraction of sp³-hybridized carbons (Fsp3) is 0.762. The van der Waals surface area contributed by atoms with Gasteiger partial charge in [0.15, 0.2) is 0 Å². The van der Waals surface area contributed by atoms with Gasteiger partial charge in [-0.1, -0.05) is 25.5 Å². The van der Waals surface area contributed by atoms with Crippen LogP contribution >= 0.6 is 0 Å². The summed E-state index contributed by atoms with van der Waals surface area (Å²) in [6.07, 6.45) is 8.96. The van der Waals surface area contributed by atoms with E-state index in [1.54, 1.807) is 0 Å². The van der Waals surface area contributed by atoms with Crippen LogP contribution in [-0.2, 0) is 14.4 Å². The van der Waals surface area contributed by atoms with E-state index < -0.39 is 11.9 Å².